The van der Waals surface area contributed by atoms with Crippen molar-refractivity contribution in [3.63, 3.8) is 0 Å². The van der Waals surface area contributed by atoms with E-state index in [1.165, 1.54) is 5.56 Å². The van der Waals surface area contributed by atoms with Gasteiger partial charge in [0.15, 0.2) is 0 Å². The molecule has 0 spiro atoms. The van der Waals surface area contributed by atoms with Crippen LogP contribution in [-0.4, -0.2) is 12.0 Å². The van der Waals surface area contributed by atoms with Gasteiger partial charge in [-0.2, -0.15) is 0 Å². The number of aryl methyl sites for hydroxylation is 1. The zero-order chi connectivity index (χ0) is 12.1. The molecule has 0 atom stereocenters. The van der Waals surface area contributed by atoms with Gasteiger partial charge in [-0.05, 0) is 43.8 Å². The average molecular weight is 228 g/mol. The van der Waals surface area contributed by atoms with Crippen LogP contribution in [0.25, 0.3) is 0 Å². The molecule has 0 amide bonds. The Kier molecular flexibility index (Phi) is 3.73. The third kappa shape index (κ3) is 3.29. The molecule has 17 heavy (non-hydrogen) atoms. The van der Waals surface area contributed by atoms with Gasteiger partial charge in [-0.1, -0.05) is 12.1 Å². The fourth-order valence-electron chi connectivity index (χ4n) is 1.57. The number of benzene rings is 1. The molecule has 0 saturated heterocycles. The summed E-state index contributed by atoms with van der Waals surface area (Å²) < 4.78 is 5.71. The van der Waals surface area contributed by atoms with E-state index in [-0.39, 0.29) is 0 Å². The quantitative estimate of drug-likeness (QED) is 0.873. The van der Waals surface area contributed by atoms with Crippen molar-refractivity contribution in [3.8, 4) is 11.5 Å². The third-order valence-electron chi connectivity index (χ3n) is 2.38. The second-order valence-electron chi connectivity index (χ2n) is 3.93. The van der Waals surface area contributed by atoms with E-state index in [1.54, 1.807) is 6.20 Å². The standard InChI is InChI=1S/C14H16N2O/c1-11-4-3-5-13(8-11)17-14-7-6-12(9-15-2)16-10-14/h3-8,10,15H,9H2,1-2H3. The molecule has 0 fully saturated rings. The van der Waals surface area contributed by atoms with Crippen molar-refractivity contribution >= 4 is 0 Å². The Labute approximate surface area is 101 Å². The number of pyridine rings is 1. The summed E-state index contributed by atoms with van der Waals surface area (Å²) in [5, 5.41) is 3.06. The fraction of sp³-hybridized carbons (Fsp3) is 0.214. The molecule has 2 aromatic rings. The van der Waals surface area contributed by atoms with Crippen molar-refractivity contribution in [2.45, 2.75) is 13.5 Å². The third-order valence-corrected chi connectivity index (χ3v) is 2.38. The Bertz CT molecular complexity index is 480. The summed E-state index contributed by atoms with van der Waals surface area (Å²) in [6, 6.07) is 11.9. The van der Waals surface area contributed by atoms with E-state index in [0.717, 1.165) is 23.7 Å². The maximum absolute atomic E-state index is 5.71. The summed E-state index contributed by atoms with van der Waals surface area (Å²) in [6.45, 7) is 2.81. The number of hydrogen-bond acceptors (Lipinski definition) is 3. The van der Waals surface area contributed by atoms with E-state index in [4.69, 9.17) is 4.74 Å². The highest BCUT2D eigenvalue weighted by Crippen LogP contribution is 2.21. The molecule has 2 rings (SSSR count). The largest absolute Gasteiger partial charge is 0.456 e. The number of nitrogens with zero attached hydrogens (tertiary/aromatic N) is 1. The molecule has 0 aliphatic heterocycles. The molecule has 3 heteroatoms. The molecule has 1 heterocycles. The summed E-state index contributed by atoms with van der Waals surface area (Å²) in [5.41, 5.74) is 2.19. The van der Waals surface area contributed by atoms with Crippen LogP contribution < -0.4 is 10.1 Å². The lowest BCUT2D eigenvalue weighted by Crippen LogP contribution is -2.06. The molecule has 0 saturated carbocycles. The number of hydrogen-bond donors (Lipinski definition) is 1. The highest BCUT2D eigenvalue weighted by atomic mass is 16.5. The number of nitrogens with one attached hydrogen (secondary N) is 1. The smallest absolute Gasteiger partial charge is 0.145 e. The number of rotatable bonds is 4. The summed E-state index contributed by atoms with van der Waals surface area (Å²) in [4.78, 5) is 4.30. The van der Waals surface area contributed by atoms with Gasteiger partial charge in [-0.15, -0.1) is 0 Å². The van der Waals surface area contributed by atoms with Crippen molar-refractivity contribution in [2.75, 3.05) is 7.05 Å². The predicted molar refractivity (Wildman–Crippen MR) is 68.3 cm³/mol. The molecular weight excluding hydrogens is 212 g/mol. The van der Waals surface area contributed by atoms with Crippen LogP contribution in [0.5, 0.6) is 11.5 Å². The lowest BCUT2D eigenvalue weighted by atomic mass is 10.2. The Morgan fingerprint density at radius 1 is 1.18 bits per heavy atom. The van der Waals surface area contributed by atoms with Crippen LogP contribution >= 0.6 is 0 Å². The minimum Gasteiger partial charge on any atom is -0.456 e. The van der Waals surface area contributed by atoms with Crippen LogP contribution in [0.2, 0.25) is 0 Å². The van der Waals surface area contributed by atoms with E-state index < -0.39 is 0 Å². The monoisotopic (exact) mass is 228 g/mol. The van der Waals surface area contributed by atoms with Crippen molar-refractivity contribution in [1.29, 1.82) is 0 Å². The van der Waals surface area contributed by atoms with Crippen molar-refractivity contribution in [2.24, 2.45) is 0 Å². The molecule has 1 aromatic heterocycles. The van der Waals surface area contributed by atoms with Crippen LogP contribution in [0, 0.1) is 6.92 Å². The second-order valence-corrected chi connectivity index (χ2v) is 3.93. The van der Waals surface area contributed by atoms with Gasteiger partial charge in [0.25, 0.3) is 0 Å². The molecule has 1 aromatic carbocycles. The average Bonchev–Trinajstić information content (AvgIpc) is 2.32. The van der Waals surface area contributed by atoms with Crippen molar-refractivity contribution in [3.05, 3.63) is 53.9 Å². The van der Waals surface area contributed by atoms with Crippen LogP contribution in [-0.2, 0) is 6.54 Å². The Morgan fingerprint density at radius 3 is 2.71 bits per heavy atom. The van der Waals surface area contributed by atoms with Gasteiger partial charge in [-0.25, -0.2) is 0 Å². The first-order valence-corrected chi connectivity index (χ1v) is 5.62. The van der Waals surface area contributed by atoms with Crippen LogP contribution in [0.4, 0.5) is 0 Å². The Hall–Kier alpha value is -1.87. The first-order valence-electron chi connectivity index (χ1n) is 5.62. The minimum atomic E-state index is 0.760. The Balaban J connectivity index is 2.08. The molecule has 0 aliphatic carbocycles. The first-order chi connectivity index (χ1) is 8.28. The van der Waals surface area contributed by atoms with Crippen LogP contribution in [0.3, 0.4) is 0 Å². The predicted octanol–water partition coefficient (Wildman–Crippen LogP) is 2.90. The van der Waals surface area contributed by atoms with Gasteiger partial charge in [0.2, 0.25) is 0 Å². The fourth-order valence-corrected chi connectivity index (χ4v) is 1.57. The van der Waals surface area contributed by atoms with E-state index in [1.807, 2.05) is 50.4 Å². The minimum absolute atomic E-state index is 0.760. The highest BCUT2D eigenvalue weighted by molar-refractivity contribution is 5.32. The maximum atomic E-state index is 5.71. The maximum Gasteiger partial charge on any atom is 0.145 e. The molecule has 0 unspecified atom stereocenters. The van der Waals surface area contributed by atoms with E-state index in [2.05, 4.69) is 10.3 Å². The summed E-state index contributed by atoms with van der Waals surface area (Å²) >= 11 is 0. The summed E-state index contributed by atoms with van der Waals surface area (Å²) in [5.74, 6) is 1.60. The number of aromatic nitrogens is 1. The highest BCUT2D eigenvalue weighted by Gasteiger charge is 1.98. The second kappa shape index (κ2) is 5.46. The summed E-state index contributed by atoms with van der Waals surface area (Å²) in [7, 11) is 1.90. The van der Waals surface area contributed by atoms with E-state index >= 15 is 0 Å². The van der Waals surface area contributed by atoms with Crippen LogP contribution in [0.15, 0.2) is 42.6 Å². The molecule has 1 N–H and O–H groups in total. The van der Waals surface area contributed by atoms with Gasteiger partial charge in [0.05, 0.1) is 11.9 Å². The normalized spacial score (nSPS) is 10.2. The van der Waals surface area contributed by atoms with Crippen molar-refractivity contribution < 1.29 is 4.74 Å². The molecule has 0 aliphatic rings. The lowest BCUT2D eigenvalue weighted by molar-refractivity contribution is 0.479. The SMILES string of the molecule is CNCc1ccc(Oc2cccc(C)c2)cn1. The number of ether oxygens (including phenoxy) is 1. The molecule has 0 radical (unpaired) electrons. The molecule has 88 valence electrons. The van der Waals surface area contributed by atoms with Gasteiger partial charge in [0, 0.05) is 6.54 Å². The van der Waals surface area contributed by atoms with Gasteiger partial charge < -0.3 is 10.1 Å². The first kappa shape index (κ1) is 11.6. The van der Waals surface area contributed by atoms with Gasteiger partial charge >= 0.3 is 0 Å². The Morgan fingerprint density at radius 2 is 2.06 bits per heavy atom. The van der Waals surface area contributed by atoms with Gasteiger partial charge in [0.1, 0.15) is 11.5 Å². The van der Waals surface area contributed by atoms with Crippen LogP contribution in [0.1, 0.15) is 11.3 Å². The summed E-state index contributed by atoms with van der Waals surface area (Å²) in [6.07, 6.45) is 1.75. The molecule has 0 bridgehead atoms. The van der Waals surface area contributed by atoms with E-state index in [9.17, 15) is 0 Å². The van der Waals surface area contributed by atoms with Gasteiger partial charge in [-0.3, -0.25) is 4.98 Å². The zero-order valence-corrected chi connectivity index (χ0v) is 10.1. The van der Waals surface area contributed by atoms with E-state index in [0.29, 0.717) is 0 Å². The van der Waals surface area contributed by atoms with Crippen molar-refractivity contribution in [1.82, 2.24) is 10.3 Å². The zero-order valence-electron chi connectivity index (χ0n) is 10.1. The topological polar surface area (TPSA) is 34.1 Å². The molecular formula is C14H16N2O. The molecule has 3 nitrogen and oxygen atoms in total. The lowest BCUT2D eigenvalue weighted by Gasteiger charge is -2.06.